The maximum absolute atomic E-state index is 8.83. The lowest BCUT2D eigenvalue weighted by Crippen LogP contribution is -1.89. The third kappa shape index (κ3) is 1.46. The van der Waals surface area contributed by atoms with Crippen molar-refractivity contribution in [2.24, 2.45) is 0 Å². The highest BCUT2D eigenvalue weighted by Crippen LogP contribution is 2.17. The number of rotatable bonds is 1. The zero-order valence-electron chi connectivity index (χ0n) is 7.31. The standard InChI is InChI=1S/C11H6N3/c12-8-11-9(4-3-7-14-11)10-5-1-2-6-13-10/h1-5,7H. The van der Waals surface area contributed by atoms with Crippen LogP contribution in [0.4, 0.5) is 0 Å². The Morgan fingerprint density at radius 1 is 1.29 bits per heavy atom. The summed E-state index contributed by atoms with van der Waals surface area (Å²) in [5.41, 5.74) is 1.85. The first-order chi connectivity index (χ1) is 6.92. The first-order valence-electron chi connectivity index (χ1n) is 4.10. The molecule has 14 heavy (non-hydrogen) atoms. The van der Waals surface area contributed by atoms with Crippen molar-refractivity contribution < 1.29 is 0 Å². The SMILES string of the molecule is N#Cc1ncccc1-c1ccc[c]n1. The Kier molecular flexibility index (Phi) is 2.20. The highest BCUT2D eigenvalue weighted by atomic mass is 14.7. The average Bonchev–Trinajstić information content (AvgIpc) is 2.30. The summed E-state index contributed by atoms with van der Waals surface area (Å²) in [6.07, 6.45) is 4.32. The van der Waals surface area contributed by atoms with Gasteiger partial charge in [-0.2, -0.15) is 5.26 Å². The van der Waals surface area contributed by atoms with E-state index in [1.807, 2.05) is 24.3 Å². The lowest BCUT2D eigenvalue weighted by Gasteiger charge is -2.00. The molecule has 3 nitrogen and oxygen atoms in total. The van der Waals surface area contributed by atoms with Crippen LogP contribution < -0.4 is 0 Å². The number of nitrogens with zero attached hydrogens (tertiary/aromatic N) is 3. The Labute approximate surface area is 81.7 Å². The smallest absolute Gasteiger partial charge is 0.149 e. The van der Waals surface area contributed by atoms with Gasteiger partial charge in [-0.1, -0.05) is 6.07 Å². The Morgan fingerprint density at radius 2 is 2.21 bits per heavy atom. The van der Waals surface area contributed by atoms with Crippen molar-refractivity contribution in [1.82, 2.24) is 9.97 Å². The molecule has 0 fully saturated rings. The Hall–Kier alpha value is -2.21. The molecule has 0 aromatic carbocycles. The van der Waals surface area contributed by atoms with Gasteiger partial charge in [0.05, 0.1) is 11.9 Å². The Balaban J connectivity index is 2.58. The van der Waals surface area contributed by atoms with E-state index in [9.17, 15) is 0 Å². The topological polar surface area (TPSA) is 49.6 Å². The maximum Gasteiger partial charge on any atom is 0.149 e. The zero-order chi connectivity index (χ0) is 9.80. The molecule has 0 aliphatic heterocycles. The van der Waals surface area contributed by atoms with Crippen molar-refractivity contribution >= 4 is 0 Å². The van der Waals surface area contributed by atoms with Gasteiger partial charge in [0.1, 0.15) is 11.8 Å². The number of nitriles is 1. The van der Waals surface area contributed by atoms with E-state index in [0.29, 0.717) is 5.69 Å². The summed E-state index contributed by atoms with van der Waals surface area (Å²) in [7, 11) is 0. The van der Waals surface area contributed by atoms with Crippen LogP contribution in [0.25, 0.3) is 11.3 Å². The molecule has 2 aromatic heterocycles. The van der Waals surface area contributed by atoms with Gasteiger partial charge in [0.25, 0.3) is 0 Å². The molecule has 65 valence electrons. The fraction of sp³-hybridized carbons (Fsp3) is 0. The summed E-state index contributed by atoms with van der Waals surface area (Å²) in [5, 5.41) is 8.83. The van der Waals surface area contributed by atoms with Gasteiger partial charge in [-0.25, -0.2) is 9.97 Å². The van der Waals surface area contributed by atoms with Crippen molar-refractivity contribution in [2.75, 3.05) is 0 Å². The van der Waals surface area contributed by atoms with Crippen LogP contribution in [-0.4, -0.2) is 9.97 Å². The molecule has 0 atom stereocenters. The van der Waals surface area contributed by atoms with Gasteiger partial charge >= 0.3 is 0 Å². The van der Waals surface area contributed by atoms with E-state index in [2.05, 4.69) is 16.2 Å². The van der Waals surface area contributed by atoms with Crippen molar-refractivity contribution in [3.05, 3.63) is 48.4 Å². The molecule has 0 aliphatic carbocycles. The largest absolute Gasteiger partial charge is 0.246 e. The van der Waals surface area contributed by atoms with Crippen LogP contribution in [0.2, 0.25) is 0 Å². The van der Waals surface area contributed by atoms with E-state index in [-0.39, 0.29) is 0 Å². The molecule has 0 saturated carbocycles. The summed E-state index contributed by atoms with van der Waals surface area (Å²) in [6, 6.07) is 11.0. The fourth-order valence-electron chi connectivity index (χ4n) is 1.18. The number of hydrogen-bond acceptors (Lipinski definition) is 3. The average molecular weight is 180 g/mol. The van der Waals surface area contributed by atoms with Crippen LogP contribution in [0.15, 0.2) is 36.5 Å². The number of pyridine rings is 2. The molecule has 2 rings (SSSR count). The maximum atomic E-state index is 8.83. The monoisotopic (exact) mass is 180 g/mol. The van der Waals surface area contributed by atoms with Gasteiger partial charge in [0.2, 0.25) is 0 Å². The molecule has 3 heteroatoms. The van der Waals surface area contributed by atoms with Crippen molar-refractivity contribution in [2.45, 2.75) is 0 Å². The van der Waals surface area contributed by atoms with E-state index in [4.69, 9.17) is 5.26 Å². The molecule has 0 amide bonds. The van der Waals surface area contributed by atoms with E-state index < -0.39 is 0 Å². The summed E-state index contributed by atoms with van der Waals surface area (Å²) in [5.74, 6) is 0. The molecule has 1 radical (unpaired) electrons. The quantitative estimate of drug-likeness (QED) is 0.672. The molecular formula is C11H6N3. The molecule has 0 bridgehead atoms. The van der Waals surface area contributed by atoms with Crippen molar-refractivity contribution in [1.29, 1.82) is 5.26 Å². The summed E-state index contributed by atoms with van der Waals surface area (Å²) >= 11 is 0. The summed E-state index contributed by atoms with van der Waals surface area (Å²) < 4.78 is 0. The van der Waals surface area contributed by atoms with Crippen LogP contribution in [0.1, 0.15) is 5.69 Å². The molecule has 0 spiro atoms. The van der Waals surface area contributed by atoms with Crippen LogP contribution in [0.3, 0.4) is 0 Å². The van der Waals surface area contributed by atoms with E-state index in [1.165, 1.54) is 0 Å². The van der Waals surface area contributed by atoms with Crippen molar-refractivity contribution in [3.63, 3.8) is 0 Å². The van der Waals surface area contributed by atoms with Gasteiger partial charge < -0.3 is 0 Å². The second-order valence-electron chi connectivity index (χ2n) is 2.66. The summed E-state index contributed by atoms with van der Waals surface area (Å²) in [6.45, 7) is 0. The number of aromatic nitrogens is 2. The molecule has 2 heterocycles. The first-order valence-corrected chi connectivity index (χ1v) is 4.10. The molecular weight excluding hydrogens is 174 g/mol. The van der Waals surface area contributed by atoms with E-state index in [1.54, 1.807) is 18.3 Å². The van der Waals surface area contributed by atoms with Crippen molar-refractivity contribution in [3.8, 4) is 17.3 Å². The third-order valence-corrected chi connectivity index (χ3v) is 1.80. The van der Waals surface area contributed by atoms with Gasteiger partial charge in [-0.15, -0.1) is 0 Å². The predicted octanol–water partition coefficient (Wildman–Crippen LogP) is 1.82. The van der Waals surface area contributed by atoms with Crippen LogP contribution in [0, 0.1) is 17.5 Å². The second kappa shape index (κ2) is 3.67. The molecule has 0 saturated heterocycles. The van der Waals surface area contributed by atoms with Crippen LogP contribution in [0.5, 0.6) is 0 Å². The zero-order valence-corrected chi connectivity index (χ0v) is 7.31. The van der Waals surface area contributed by atoms with Gasteiger partial charge in [0, 0.05) is 11.8 Å². The number of hydrogen-bond donors (Lipinski definition) is 0. The Morgan fingerprint density at radius 3 is 2.93 bits per heavy atom. The molecule has 0 unspecified atom stereocenters. The van der Waals surface area contributed by atoms with Gasteiger partial charge in [-0.3, -0.25) is 0 Å². The fourth-order valence-corrected chi connectivity index (χ4v) is 1.18. The normalized spacial score (nSPS) is 9.36. The lowest BCUT2D eigenvalue weighted by molar-refractivity contribution is 1.23. The summed E-state index contributed by atoms with van der Waals surface area (Å²) in [4.78, 5) is 8.00. The van der Waals surface area contributed by atoms with E-state index >= 15 is 0 Å². The van der Waals surface area contributed by atoms with E-state index in [0.717, 1.165) is 11.3 Å². The first kappa shape index (κ1) is 8.39. The molecule has 0 aliphatic rings. The van der Waals surface area contributed by atoms with Crippen LogP contribution >= 0.6 is 0 Å². The predicted molar refractivity (Wildman–Crippen MR) is 51.0 cm³/mol. The Bertz CT molecular complexity index is 471. The molecule has 2 aromatic rings. The minimum atomic E-state index is 0.389. The second-order valence-corrected chi connectivity index (χ2v) is 2.66. The minimum absolute atomic E-state index is 0.389. The molecule has 0 N–H and O–H groups in total. The highest BCUT2D eigenvalue weighted by Gasteiger charge is 2.04. The van der Waals surface area contributed by atoms with Gasteiger partial charge in [0.15, 0.2) is 0 Å². The highest BCUT2D eigenvalue weighted by molar-refractivity contribution is 5.64. The lowest BCUT2D eigenvalue weighted by atomic mass is 10.1. The third-order valence-electron chi connectivity index (χ3n) is 1.80. The van der Waals surface area contributed by atoms with Gasteiger partial charge in [-0.05, 0) is 24.3 Å². The minimum Gasteiger partial charge on any atom is -0.246 e. The van der Waals surface area contributed by atoms with Crippen LogP contribution in [-0.2, 0) is 0 Å².